The SMILES string of the molecule is CN(CCC(=O)Nc1ccccc1Oc1ccccc1)Cc1nc2ccccc2c(=O)[nH]1. The molecule has 4 rings (SSSR count). The van der Waals surface area contributed by atoms with Gasteiger partial charge in [0.2, 0.25) is 5.91 Å². The molecule has 32 heavy (non-hydrogen) atoms. The van der Waals surface area contributed by atoms with Crippen LogP contribution in [-0.4, -0.2) is 34.4 Å². The summed E-state index contributed by atoms with van der Waals surface area (Å²) in [6, 6.07) is 24.0. The van der Waals surface area contributed by atoms with E-state index in [2.05, 4.69) is 15.3 Å². The molecule has 0 unspecified atom stereocenters. The highest BCUT2D eigenvalue weighted by molar-refractivity contribution is 5.92. The molecule has 0 saturated heterocycles. The Labute approximate surface area is 185 Å². The Morgan fingerprint density at radius 2 is 1.72 bits per heavy atom. The zero-order valence-electron chi connectivity index (χ0n) is 17.7. The number of anilines is 1. The molecule has 4 aromatic rings. The highest BCUT2D eigenvalue weighted by Gasteiger charge is 2.11. The normalized spacial score (nSPS) is 10.9. The number of aromatic nitrogens is 2. The van der Waals surface area contributed by atoms with E-state index in [1.54, 1.807) is 6.07 Å². The summed E-state index contributed by atoms with van der Waals surface area (Å²) < 4.78 is 5.89. The van der Waals surface area contributed by atoms with Crippen molar-refractivity contribution < 1.29 is 9.53 Å². The lowest BCUT2D eigenvalue weighted by atomic mass is 10.2. The van der Waals surface area contributed by atoms with Crippen molar-refractivity contribution in [3.05, 3.63) is 95.0 Å². The van der Waals surface area contributed by atoms with Gasteiger partial charge in [0, 0.05) is 13.0 Å². The van der Waals surface area contributed by atoms with E-state index in [0.29, 0.717) is 47.0 Å². The molecule has 3 aromatic carbocycles. The van der Waals surface area contributed by atoms with Gasteiger partial charge in [0.15, 0.2) is 5.75 Å². The van der Waals surface area contributed by atoms with Gasteiger partial charge in [-0.25, -0.2) is 4.98 Å². The number of benzene rings is 3. The van der Waals surface area contributed by atoms with Gasteiger partial charge >= 0.3 is 0 Å². The summed E-state index contributed by atoms with van der Waals surface area (Å²) in [5.41, 5.74) is 1.11. The predicted molar refractivity (Wildman–Crippen MR) is 125 cm³/mol. The van der Waals surface area contributed by atoms with E-state index in [1.807, 2.05) is 84.7 Å². The third kappa shape index (κ3) is 5.39. The van der Waals surface area contributed by atoms with Gasteiger partial charge in [-0.15, -0.1) is 0 Å². The number of nitrogens with one attached hydrogen (secondary N) is 2. The van der Waals surface area contributed by atoms with Crippen LogP contribution in [0.4, 0.5) is 5.69 Å². The first kappa shape index (κ1) is 21.3. The number of ether oxygens (including phenoxy) is 1. The first-order valence-electron chi connectivity index (χ1n) is 10.4. The molecule has 0 fully saturated rings. The minimum atomic E-state index is -0.160. The smallest absolute Gasteiger partial charge is 0.258 e. The lowest BCUT2D eigenvalue weighted by molar-refractivity contribution is -0.116. The Hall–Kier alpha value is -3.97. The summed E-state index contributed by atoms with van der Waals surface area (Å²) in [4.78, 5) is 34.0. The van der Waals surface area contributed by atoms with E-state index < -0.39 is 0 Å². The molecule has 0 atom stereocenters. The number of aromatic amines is 1. The largest absolute Gasteiger partial charge is 0.455 e. The Bertz CT molecular complexity index is 1270. The summed E-state index contributed by atoms with van der Waals surface area (Å²) in [6.45, 7) is 0.936. The molecule has 0 saturated carbocycles. The van der Waals surface area contributed by atoms with Crippen LogP contribution in [0.1, 0.15) is 12.2 Å². The van der Waals surface area contributed by atoms with Gasteiger partial charge in [-0.2, -0.15) is 0 Å². The summed E-state index contributed by atoms with van der Waals surface area (Å²) in [6.07, 6.45) is 0.286. The van der Waals surface area contributed by atoms with Crippen molar-refractivity contribution in [3.8, 4) is 11.5 Å². The Balaban J connectivity index is 1.34. The highest BCUT2D eigenvalue weighted by Crippen LogP contribution is 2.29. The number of nitrogens with zero attached hydrogens (tertiary/aromatic N) is 2. The second-order valence-corrected chi connectivity index (χ2v) is 7.48. The number of fused-ring (bicyclic) bond motifs is 1. The fraction of sp³-hybridized carbons (Fsp3) is 0.160. The summed E-state index contributed by atoms with van der Waals surface area (Å²) >= 11 is 0. The molecule has 7 nitrogen and oxygen atoms in total. The maximum absolute atomic E-state index is 12.5. The summed E-state index contributed by atoms with van der Waals surface area (Å²) in [5.74, 6) is 1.73. The lowest BCUT2D eigenvalue weighted by Crippen LogP contribution is -2.26. The maximum Gasteiger partial charge on any atom is 0.258 e. The molecule has 0 bridgehead atoms. The average molecular weight is 428 g/mol. The minimum Gasteiger partial charge on any atom is -0.455 e. The van der Waals surface area contributed by atoms with Crippen LogP contribution in [0.2, 0.25) is 0 Å². The van der Waals surface area contributed by atoms with Crippen molar-refractivity contribution in [3.63, 3.8) is 0 Å². The molecule has 1 aromatic heterocycles. The molecule has 0 aliphatic rings. The first-order chi connectivity index (χ1) is 15.6. The van der Waals surface area contributed by atoms with E-state index in [-0.39, 0.29) is 17.9 Å². The Kier molecular flexibility index (Phi) is 6.57. The lowest BCUT2D eigenvalue weighted by Gasteiger charge is -2.16. The van der Waals surface area contributed by atoms with Gasteiger partial charge in [-0.1, -0.05) is 42.5 Å². The van der Waals surface area contributed by atoms with Gasteiger partial charge in [0.25, 0.3) is 5.56 Å². The van der Waals surface area contributed by atoms with E-state index >= 15 is 0 Å². The molecule has 7 heteroatoms. The second-order valence-electron chi connectivity index (χ2n) is 7.48. The third-order valence-electron chi connectivity index (χ3n) is 4.93. The van der Waals surface area contributed by atoms with Gasteiger partial charge < -0.3 is 15.0 Å². The van der Waals surface area contributed by atoms with E-state index in [4.69, 9.17) is 4.74 Å². The van der Waals surface area contributed by atoms with Crippen LogP contribution < -0.4 is 15.6 Å². The van der Waals surface area contributed by atoms with Crippen LogP contribution in [0, 0.1) is 0 Å². The summed E-state index contributed by atoms with van der Waals surface area (Å²) in [7, 11) is 1.88. The van der Waals surface area contributed by atoms with Crippen LogP contribution >= 0.6 is 0 Å². The number of amides is 1. The fourth-order valence-electron chi connectivity index (χ4n) is 3.32. The number of H-pyrrole nitrogens is 1. The van der Waals surface area contributed by atoms with Gasteiger partial charge in [-0.3, -0.25) is 14.5 Å². The number of carbonyl (C=O) groups is 1. The predicted octanol–water partition coefficient (Wildman–Crippen LogP) is 4.18. The highest BCUT2D eigenvalue weighted by atomic mass is 16.5. The van der Waals surface area contributed by atoms with Crippen LogP contribution in [0.5, 0.6) is 11.5 Å². The number of carbonyl (C=O) groups excluding carboxylic acids is 1. The third-order valence-corrected chi connectivity index (χ3v) is 4.93. The number of hydrogen-bond acceptors (Lipinski definition) is 5. The molecule has 162 valence electrons. The van der Waals surface area contributed by atoms with Gasteiger partial charge in [0.1, 0.15) is 11.6 Å². The molecule has 0 aliphatic heterocycles. The van der Waals surface area contributed by atoms with Crippen molar-refractivity contribution in [2.75, 3.05) is 18.9 Å². The van der Waals surface area contributed by atoms with Gasteiger partial charge in [-0.05, 0) is 43.4 Å². The Morgan fingerprint density at radius 1 is 1.00 bits per heavy atom. The molecule has 0 radical (unpaired) electrons. The molecule has 2 N–H and O–H groups in total. The minimum absolute atomic E-state index is 0.124. The van der Waals surface area contributed by atoms with Crippen molar-refractivity contribution in [1.29, 1.82) is 0 Å². The average Bonchev–Trinajstić information content (AvgIpc) is 2.80. The molecule has 1 heterocycles. The quantitative estimate of drug-likeness (QED) is 0.440. The Morgan fingerprint density at radius 3 is 2.56 bits per heavy atom. The van der Waals surface area contributed by atoms with Crippen LogP contribution in [0.15, 0.2) is 83.7 Å². The molecule has 0 spiro atoms. The zero-order chi connectivity index (χ0) is 22.3. The summed E-state index contributed by atoms with van der Waals surface area (Å²) in [5, 5.41) is 3.48. The van der Waals surface area contributed by atoms with Crippen LogP contribution in [-0.2, 0) is 11.3 Å². The van der Waals surface area contributed by atoms with E-state index in [0.717, 1.165) is 0 Å². The van der Waals surface area contributed by atoms with Crippen molar-refractivity contribution in [1.82, 2.24) is 14.9 Å². The fourth-order valence-corrected chi connectivity index (χ4v) is 3.32. The van der Waals surface area contributed by atoms with Crippen molar-refractivity contribution in [2.45, 2.75) is 13.0 Å². The second kappa shape index (κ2) is 9.89. The van der Waals surface area contributed by atoms with Crippen LogP contribution in [0.25, 0.3) is 10.9 Å². The zero-order valence-corrected chi connectivity index (χ0v) is 17.7. The van der Waals surface area contributed by atoms with Crippen molar-refractivity contribution in [2.24, 2.45) is 0 Å². The standard InChI is InChI=1S/C25H24N4O3/c1-29(17-23-26-20-12-6-5-11-19(20)25(31)28-23)16-15-24(30)27-21-13-7-8-14-22(21)32-18-9-3-2-4-10-18/h2-14H,15-17H2,1H3,(H,27,30)(H,26,28,31). The first-order valence-corrected chi connectivity index (χ1v) is 10.4. The number of rotatable bonds is 8. The van der Waals surface area contributed by atoms with Gasteiger partial charge in [0.05, 0.1) is 23.1 Å². The molecular weight excluding hydrogens is 404 g/mol. The van der Waals surface area contributed by atoms with E-state index in [9.17, 15) is 9.59 Å². The number of para-hydroxylation sites is 4. The molecule has 0 aliphatic carbocycles. The monoisotopic (exact) mass is 428 g/mol. The topological polar surface area (TPSA) is 87.3 Å². The maximum atomic E-state index is 12.5. The number of hydrogen-bond donors (Lipinski definition) is 2. The molecule has 1 amide bonds. The molecular formula is C25H24N4O3. The van der Waals surface area contributed by atoms with E-state index in [1.165, 1.54) is 0 Å². The van der Waals surface area contributed by atoms with Crippen molar-refractivity contribution >= 4 is 22.5 Å². The van der Waals surface area contributed by atoms with Crippen LogP contribution in [0.3, 0.4) is 0 Å².